The third kappa shape index (κ3) is 1.74. The van der Waals surface area contributed by atoms with Crippen LogP contribution < -0.4 is 4.74 Å². The Morgan fingerprint density at radius 3 is 2.47 bits per heavy atom. The van der Waals surface area contributed by atoms with Gasteiger partial charge in [0, 0.05) is 5.56 Å². The van der Waals surface area contributed by atoms with E-state index in [0.29, 0.717) is 5.92 Å². The number of methoxy groups -OCH3 is 1. The van der Waals surface area contributed by atoms with Crippen LogP contribution in [0.4, 0.5) is 0 Å². The molecule has 2 rings (SSSR count). The Morgan fingerprint density at radius 1 is 1.33 bits per heavy atom. The first-order valence-corrected chi connectivity index (χ1v) is 5.48. The average Bonchev–Trinajstić information content (AvgIpc) is 2.96. The van der Waals surface area contributed by atoms with Crippen molar-refractivity contribution in [2.45, 2.75) is 38.2 Å². The van der Waals surface area contributed by atoms with E-state index in [9.17, 15) is 5.11 Å². The summed E-state index contributed by atoms with van der Waals surface area (Å²) in [4.78, 5) is 0. The summed E-state index contributed by atoms with van der Waals surface area (Å²) in [6.07, 6.45) is 1.70. The first kappa shape index (κ1) is 10.5. The second kappa shape index (κ2) is 3.53. The fourth-order valence-electron chi connectivity index (χ4n) is 1.99. The molecule has 0 amide bonds. The average molecular weight is 206 g/mol. The van der Waals surface area contributed by atoms with Gasteiger partial charge in [-0.3, -0.25) is 0 Å². The molecule has 0 bridgehead atoms. The van der Waals surface area contributed by atoms with Gasteiger partial charge in [0.2, 0.25) is 0 Å². The summed E-state index contributed by atoms with van der Waals surface area (Å²) in [6.45, 7) is 4.27. The van der Waals surface area contributed by atoms with Gasteiger partial charge in [0.1, 0.15) is 5.75 Å². The minimum Gasteiger partial charge on any atom is -0.496 e. The van der Waals surface area contributed by atoms with Crippen LogP contribution in [-0.2, 0) is 5.60 Å². The van der Waals surface area contributed by atoms with Crippen LogP contribution >= 0.6 is 0 Å². The highest BCUT2D eigenvalue weighted by molar-refractivity contribution is 5.48. The summed E-state index contributed by atoms with van der Waals surface area (Å²) in [5, 5.41) is 10.1. The Labute approximate surface area is 90.9 Å². The summed E-state index contributed by atoms with van der Waals surface area (Å²) < 4.78 is 5.44. The second-order valence-electron chi connectivity index (χ2n) is 4.61. The smallest absolute Gasteiger partial charge is 0.128 e. The van der Waals surface area contributed by atoms with Gasteiger partial charge in [-0.25, -0.2) is 0 Å². The van der Waals surface area contributed by atoms with Crippen LogP contribution in [0.15, 0.2) is 18.2 Å². The molecule has 0 radical (unpaired) electrons. The predicted molar refractivity (Wildman–Crippen MR) is 60.2 cm³/mol. The molecule has 82 valence electrons. The first-order chi connectivity index (χ1) is 7.08. The fraction of sp³-hybridized carbons (Fsp3) is 0.538. The summed E-state index contributed by atoms with van der Waals surface area (Å²) in [6, 6.07) is 6.04. The highest BCUT2D eigenvalue weighted by Gasteiger charge is 2.44. The molecular formula is C13H18O2. The van der Waals surface area contributed by atoms with E-state index < -0.39 is 5.60 Å². The lowest BCUT2D eigenvalue weighted by Gasteiger charge is -2.18. The van der Waals surface area contributed by atoms with E-state index in [-0.39, 0.29) is 0 Å². The lowest BCUT2D eigenvalue weighted by atomic mass is 9.96. The lowest BCUT2D eigenvalue weighted by molar-refractivity contribution is 0.147. The van der Waals surface area contributed by atoms with E-state index in [1.807, 2.05) is 12.1 Å². The monoisotopic (exact) mass is 206 g/mol. The Balaban J connectivity index is 2.50. The SMILES string of the molecule is COc1c(C(C)C)cccc1C1(O)CC1. The van der Waals surface area contributed by atoms with Crippen molar-refractivity contribution >= 4 is 0 Å². The number of benzene rings is 1. The molecule has 1 fully saturated rings. The van der Waals surface area contributed by atoms with Gasteiger partial charge in [0.25, 0.3) is 0 Å². The third-order valence-corrected chi connectivity index (χ3v) is 3.10. The molecule has 1 saturated carbocycles. The van der Waals surface area contributed by atoms with Crippen LogP contribution in [0, 0.1) is 0 Å². The molecule has 0 unspecified atom stereocenters. The van der Waals surface area contributed by atoms with E-state index in [2.05, 4.69) is 19.9 Å². The van der Waals surface area contributed by atoms with Crippen molar-refractivity contribution in [3.8, 4) is 5.75 Å². The number of hydrogen-bond acceptors (Lipinski definition) is 2. The molecule has 0 aliphatic heterocycles. The zero-order valence-corrected chi connectivity index (χ0v) is 9.58. The van der Waals surface area contributed by atoms with Crippen molar-refractivity contribution < 1.29 is 9.84 Å². The quantitative estimate of drug-likeness (QED) is 0.824. The molecule has 1 aromatic rings. The molecular weight excluding hydrogens is 188 g/mol. The van der Waals surface area contributed by atoms with Crippen molar-refractivity contribution in [3.05, 3.63) is 29.3 Å². The molecule has 15 heavy (non-hydrogen) atoms. The standard InChI is InChI=1S/C13H18O2/c1-9(2)10-5-4-6-11(12(10)15-3)13(14)7-8-13/h4-6,9,14H,7-8H2,1-3H3. The van der Waals surface area contributed by atoms with Crippen LogP contribution in [0.2, 0.25) is 0 Å². The molecule has 2 nitrogen and oxygen atoms in total. The van der Waals surface area contributed by atoms with E-state index in [4.69, 9.17) is 4.74 Å². The highest BCUT2D eigenvalue weighted by Crippen LogP contribution is 2.50. The number of rotatable bonds is 3. The molecule has 0 saturated heterocycles. The third-order valence-electron chi connectivity index (χ3n) is 3.10. The van der Waals surface area contributed by atoms with Crippen LogP contribution in [0.1, 0.15) is 43.7 Å². The van der Waals surface area contributed by atoms with E-state index in [1.165, 1.54) is 5.56 Å². The molecule has 0 spiro atoms. The minimum atomic E-state index is -0.615. The van der Waals surface area contributed by atoms with Gasteiger partial charge < -0.3 is 9.84 Å². The van der Waals surface area contributed by atoms with Crippen LogP contribution in [0.5, 0.6) is 5.75 Å². The molecule has 1 aromatic carbocycles. The van der Waals surface area contributed by atoms with Gasteiger partial charge in [-0.15, -0.1) is 0 Å². The maximum absolute atomic E-state index is 10.1. The van der Waals surface area contributed by atoms with Crippen molar-refractivity contribution in [3.63, 3.8) is 0 Å². The van der Waals surface area contributed by atoms with E-state index in [0.717, 1.165) is 24.2 Å². The molecule has 0 heterocycles. The maximum atomic E-state index is 10.1. The fourth-order valence-corrected chi connectivity index (χ4v) is 1.99. The van der Waals surface area contributed by atoms with Gasteiger partial charge >= 0.3 is 0 Å². The van der Waals surface area contributed by atoms with Gasteiger partial charge in [-0.1, -0.05) is 32.0 Å². The summed E-state index contributed by atoms with van der Waals surface area (Å²) in [5.74, 6) is 1.29. The summed E-state index contributed by atoms with van der Waals surface area (Å²) in [7, 11) is 1.68. The van der Waals surface area contributed by atoms with Gasteiger partial charge in [0.15, 0.2) is 0 Å². The largest absolute Gasteiger partial charge is 0.496 e. The van der Waals surface area contributed by atoms with Gasteiger partial charge in [0.05, 0.1) is 12.7 Å². The Hall–Kier alpha value is -1.02. The summed E-state index contributed by atoms with van der Waals surface area (Å²) in [5.41, 5.74) is 1.52. The molecule has 1 N–H and O–H groups in total. The van der Waals surface area contributed by atoms with Crippen molar-refractivity contribution in [2.24, 2.45) is 0 Å². The van der Waals surface area contributed by atoms with Crippen molar-refractivity contribution in [2.75, 3.05) is 7.11 Å². The Kier molecular flexibility index (Phi) is 2.47. The topological polar surface area (TPSA) is 29.5 Å². The molecule has 1 aliphatic rings. The van der Waals surface area contributed by atoms with Crippen molar-refractivity contribution in [1.82, 2.24) is 0 Å². The Morgan fingerprint density at radius 2 is 2.00 bits per heavy atom. The second-order valence-corrected chi connectivity index (χ2v) is 4.61. The van der Waals surface area contributed by atoms with Crippen LogP contribution in [0.25, 0.3) is 0 Å². The van der Waals surface area contributed by atoms with Crippen LogP contribution in [0.3, 0.4) is 0 Å². The number of para-hydroxylation sites is 1. The number of aliphatic hydroxyl groups is 1. The van der Waals surface area contributed by atoms with Gasteiger partial charge in [-0.05, 0) is 24.3 Å². The first-order valence-electron chi connectivity index (χ1n) is 5.48. The predicted octanol–water partition coefficient (Wildman–Crippen LogP) is 2.80. The molecule has 0 aromatic heterocycles. The zero-order chi connectivity index (χ0) is 11.1. The lowest BCUT2D eigenvalue weighted by Crippen LogP contribution is -2.08. The van der Waals surface area contributed by atoms with Crippen molar-refractivity contribution in [1.29, 1.82) is 0 Å². The van der Waals surface area contributed by atoms with E-state index in [1.54, 1.807) is 7.11 Å². The van der Waals surface area contributed by atoms with E-state index >= 15 is 0 Å². The number of ether oxygens (including phenoxy) is 1. The van der Waals surface area contributed by atoms with Gasteiger partial charge in [-0.2, -0.15) is 0 Å². The normalized spacial score (nSPS) is 17.9. The summed E-state index contributed by atoms with van der Waals surface area (Å²) >= 11 is 0. The molecule has 0 atom stereocenters. The highest BCUT2D eigenvalue weighted by atomic mass is 16.5. The van der Waals surface area contributed by atoms with Crippen LogP contribution in [-0.4, -0.2) is 12.2 Å². The Bertz CT molecular complexity index is 365. The minimum absolute atomic E-state index is 0.419. The molecule has 2 heteroatoms. The maximum Gasteiger partial charge on any atom is 0.128 e. The molecule has 1 aliphatic carbocycles. The zero-order valence-electron chi connectivity index (χ0n) is 9.58. The number of hydrogen-bond donors (Lipinski definition) is 1.